The number of rotatable bonds is 40. The van der Waals surface area contributed by atoms with Crippen LogP contribution in [0.25, 0.3) is 0 Å². The quantitative estimate of drug-likeness (QED) is 0.0269. The van der Waals surface area contributed by atoms with Crippen molar-refractivity contribution in [3.05, 3.63) is 122 Å². The van der Waals surface area contributed by atoms with Gasteiger partial charge in [-0.05, 0) is 103 Å². The maximum absolute atomic E-state index is 12.6. The lowest BCUT2D eigenvalue weighted by molar-refractivity contribution is -0.161. The van der Waals surface area contributed by atoms with E-state index in [9.17, 15) is 19.0 Å². The van der Waals surface area contributed by atoms with Crippen molar-refractivity contribution in [1.82, 2.24) is 5.32 Å². The predicted octanol–water partition coefficient (Wildman–Crippen LogP) is 13.2. The third-order valence-corrected chi connectivity index (χ3v) is 9.56. The molecule has 0 saturated heterocycles. The summed E-state index contributed by atoms with van der Waals surface area (Å²) in [6, 6.07) is 0. The fraction of sp³-hybridized carbons (Fsp3) is 0.560. The van der Waals surface area contributed by atoms with Gasteiger partial charge in [-0.3, -0.25) is 18.6 Å². The van der Waals surface area contributed by atoms with E-state index >= 15 is 0 Å². The van der Waals surface area contributed by atoms with Crippen LogP contribution >= 0.6 is 7.82 Å². The van der Waals surface area contributed by atoms with Gasteiger partial charge < -0.3 is 19.7 Å². The molecule has 9 nitrogen and oxygen atoms in total. The average Bonchev–Trinajstić information content (AvgIpc) is 3.23. The van der Waals surface area contributed by atoms with E-state index in [-0.39, 0.29) is 26.1 Å². The molecular weight excluding hydrogens is 774 g/mol. The maximum Gasteiger partial charge on any atom is 0.472 e. The van der Waals surface area contributed by atoms with Gasteiger partial charge in [0.15, 0.2) is 6.10 Å². The highest BCUT2D eigenvalue weighted by Crippen LogP contribution is 2.43. The second-order valence-corrected chi connectivity index (χ2v) is 15.6. The minimum Gasteiger partial charge on any atom is -0.462 e. The molecule has 0 aliphatic heterocycles. The number of allylic oxidation sites excluding steroid dienone is 20. The van der Waals surface area contributed by atoms with E-state index in [1.807, 2.05) is 12.2 Å². The molecule has 10 heteroatoms. The molecule has 0 aromatic heterocycles. The number of carbonyl (C=O) groups excluding carboxylic acids is 2. The van der Waals surface area contributed by atoms with Crippen molar-refractivity contribution in [2.24, 2.45) is 0 Å². The summed E-state index contributed by atoms with van der Waals surface area (Å²) >= 11 is 0. The summed E-state index contributed by atoms with van der Waals surface area (Å²) in [6.07, 6.45) is 59.7. The van der Waals surface area contributed by atoms with Gasteiger partial charge in [0.05, 0.1) is 13.2 Å². The van der Waals surface area contributed by atoms with Crippen LogP contribution in [0.3, 0.4) is 0 Å². The fourth-order valence-corrected chi connectivity index (χ4v) is 5.96. The van der Waals surface area contributed by atoms with E-state index in [1.165, 1.54) is 25.7 Å². The molecule has 0 fully saturated rings. The molecule has 0 aromatic carbocycles. The van der Waals surface area contributed by atoms with Crippen LogP contribution in [0.1, 0.15) is 142 Å². The van der Waals surface area contributed by atoms with Crippen molar-refractivity contribution >= 4 is 19.8 Å². The highest BCUT2D eigenvalue weighted by atomic mass is 31.2. The highest BCUT2D eigenvalue weighted by molar-refractivity contribution is 7.47. The largest absolute Gasteiger partial charge is 0.472 e. The van der Waals surface area contributed by atoms with E-state index in [0.717, 1.165) is 77.0 Å². The minimum atomic E-state index is -4.39. The molecule has 2 atom stereocenters. The number of hydrogen-bond acceptors (Lipinski definition) is 8. The second kappa shape index (κ2) is 44.9. The van der Waals surface area contributed by atoms with Gasteiger partial charge in [0.2, 0.25) is 0 Å². The third-order valence-electron chi connectivity index (χ3n) is 8.58. The van der Waals surface area contributed by atoms with Gasteiger partial charge in [0.25, 0.3) is 0 Å². The summed E-state index contributed by atoms with van der Waals surface area (Å²) in [6.45, 7) is 3.93. The van der Waals surface area contributed by atoms with Gasteiger partial charge in [-0.15, -0.1) is 0 Å². The van der Waals surface area contributed by atoms with Crippen molar-refractivity contribution in [3.63, 3.8) is 0 Å². The number of nitrogens with one attached hydrogen (secondary N) is 1. The lowest BCUT2D eigenvalue weighted by Crippen LogP contribution is -2.29. The zero-order valence-corrected chi connectivity index (χ0v) is 38.2. The van der Waals surface area contributed by atoms with Crippen LogP contribution in [0, 0.1) is 0 Å². The molecule has 2 unspecified atom stereocenters. The number of phosphoric acid groups is 1. The Balaban J connectivity index is 4.43. The number of hydrogen-bond donors (Lipinski definition) is 2. The van der Waals surface area contributed by atoms with Crippen molar-refractivity contribution in [2.45, 2.75) is 148 Å². The first-order chi connectivity index (χ1) is 29.3. The standard InChI is InChI=1S/C50H80NO8P/c1-4-6-8-10-12-14-16-18-20-22-24-26-28-30-32-34-36-38-40-42-49(52)56-46-48(47-58-60(54,55)57-45-44-51-3)59-50(53)43-41-39-37-35-33-31-29-27-25-23-21-19-17-15-13-11-9-7-5-2/h6,8,12-15,18-21,24-27,30-33,36,38,48,51H,4-5,7,9-11,16-17,22-23,28-29,34-35,37,39-47H2,1-3H3,(H,54,55)/b8-6-,14-12-,15-13-,20-18-,21-19-,26-24-,27-25-,32-30-,33-31-,38-36-. The Bertz CT molecular complexity index is 1390. The van der Waals surface area contributed by atoms with Crippen LogP contribution in [0.4, 0.5) is 0 Å². The SMILES string of the molecule is CC/C=C\C/C=C\C/C=C\C/C=C\C/C=C\C/C=C\CCC(=O)OCC(COP(=O)(O)OCCNC)OC(=O)CCCCC/C=C\C/C=C\C/C=C\C/C=C\CCCCC. The Morgan fingerprint density at radius 2 is 0.983 bits per heavy atom. The summed E-state index contributed by atoms with van der Waals surface area (Å²) in [7, 11) is -2.70. The number of likely N-dealkylation sites (N-methyl/N-ethyl adjacent to an activating group) is 1. The van der Waals surface area contributed by atoms with E-state index in [1.54, 1.807) is 7.05 Å². The summed E-state index contributed by atoms with van der Waals surface area (Å²) < 4.78 is 33.1. The van der Waals surface area contributed by atoms with Gasteiger partial charge in [-0.1, -0.05) is 155 Å². The van der Waals surface area contributed by atoms with Crippen LogP contribution < -0.4 is 5.32 Å². The van der Waals surface area contributed by atoms with E-state index in [4.69, 9.17) is 18.5 Å². The Labute approximate surface area is 364 Å². The predicted molar refractivity (Wildman–Crippen MR) is 252 cm³/mol. The van der Waals surface area contributed by atoms with Crippen molar-refractivity contribution in [2.75, 3.05) is 33.4 Å². The number of unbranched alkanes of at least 4 members (excludes halogenated alkanes) is 6. The van der Waals surface area contributed by atoms with Gasteiger partial charge in [0.1, 0.15) is 6.61 Å². The van der Waals surface area contributed by atoms with Crippen LogP contribution in [0.2, 0.25) is 0 Å². The monoisotopic (exact) mass is 854 g/mol. The molecule has 338 valence electrons. The number of ether oxygens (including phenoxy) is 2. The molecule has 0 bridgehead atoms. The number of esters is 2. The highest BCUT2D eigenvalue weighted by Gasteiger charge is 2.26. The Morgan fingerprint density at radius 3 is 1.45 bits per heavy atom. The van der Waals surface area contributed by atoms with Gasteiger partial charge in [-0.2, -0.15) is 0 Å². The summed E-state index contributed by atoms with van der Waals surface area (Å²) in [5, 5.41) is 2.81. The molecule has 0 heterocycles. The van der Waals surface area contributed by atoms with E-state index in [0.29, 0.717) is 19.4 Å². The van der Waals surface area contributed by atoms with Crippen molar-refractivity contribution in [1.29, 1.82) is 0 Å². The van der Waals surface area contributed by atoms with Crippen LogP contribution in [0.15, 0.2) is 122 Å². The van der Waals surface area contributed by atoms with Gasteiger partial charge in [-0.25, -0.2) is 4.57 Å². The molecule has 0 aliphatic carbocycles. The molecule has 0 saturated carbocycles. The molecule has 0 amide bonds. The molecule has 0 radical (unpaired) electrons. The number of phosphoric ester groups is 1. The summed E-state index contributed by atoms with van der Waals surface area (Å²) in [4.78, 5) is 35.1. The molecule has 0 spiro atoms. The first-order valence-corrected chi connectivity index (χ1v) is 24.0. The average molecular weight is 854 g/mol. The minimum absolute atomic E-state index is 0.0423. The van der Waals surface area contributed by atoms with E-state index < -0.39 is 32.5 Å². The molecule has 0 aromatic rings. The van der Waals surface area contributed by atoms with Crippen molar-refractivity contribution < 1.29 is 37.6 Å². The Hall–Kier alpha value is -3.59. The first kappa shape index (κ1) is 56.4. The zero-order chi connectivity index (χ0) is 43.9. The summed E-state index contributed by atoms with van der Waals surface area (Å²) in [5.74, 6) is -0.955. The topological polar surface area (TPSA) is 120 Å². The van der Waals surface area contributed by atoms with Crippen molar-refractivity contribution in [3.8, 4) is 0 Å². The Kier molecular flexibility index (Phi) is 42.3. The normalized spacial score (nSPS) is 14.4. The molecular formula is C50H80NO8P. The first-order valence-electron chi connectivity index (χ1n) is 22.5. The maximum atomic E-state index is 12.6. The summed E-state index contributed by atoms with van der Waals surface area (Å²) in [5.41, 5.74) is 0. The lowest BCUT2D eigenvalue weighted by Gasteiger charge is -2.20. The number of carbonyl (C=O) groups is 2. The zero-order valence-electron chi connectivity index (χ0n) is 37.3. The fourth-order valence-electron chi connectivity index (χ4n) is 5.21. The molecule has 2 N–H and O–H groups in total. The lowest BCUT2D eigenvalue weighted by atomic mass is 10.1. The smallest absolute Gasteiger partial charge is 0.462 e. The second-order valence-electron chi connectivity index (χ2n) is 14.1. The Morgan fingerprint density at radius 1 is 0.533 bits per heavy atom. The third kappa shape index (κ3) is 44.0. The molecule has 0 rings (SSSR count). The van der Waals surface area contributed by atoms with Crippen LogP contribution in [0.5, 0.6) is 0 Å². The van der Waals surface area contributed by atoms with Crippen LogP contribution in [-0.4, -0.2) is 56.3 Å². The molecule has 60 heavy (non-hydrogen) atoms. The van der Waals surface area contributed by atoms with E-state index in [2.05, 4.69) is 129 Å². The van der Waals surface area contributed by atoms with Gasteiger partial charge >= 0.3 is 19.8 Å². The van der Waals surface area contributed by atoms with Crippen LogP contribution in [-0.2, 0) is 32.7 Å². The molecule has 0 aliphatic rings. The van der Waals surface area contributed by atoms with Gasteiger partial charge in [0, 0.05) is 19.4 Å².